The first-order valence-electron chi connectivity index (χ1n) is 8.12. The molecule has 0 fully saturated rings. The van der Waals surface area contributed by atoms with Gasteiger partial charge in [0.25, 0.3) is 23.4 Å². The molecule has 0 unspecified atom stereocenters. The van der Waals surface area contributed by atoms with E-state index in [1.807, 2.05) is 0 Å². The van der Waals surface area contributed by atoms with E-state index in [9.17, 15) is 29.3 Å². The summed E-state index contributed by atoms with van der Waals surface area (Å²) in [7, 11) is 0. The molecule has 1 aliphatic rings. The Hall–Kier alpha value is -3.79. The molecule has 0 bridgehead atoms. The Morgan fingerprint density at radius 2 is 1.79 bits per heavy atom. The van der Waals surface area contributed by atoms with Crippen molar-refractivity contribution in [3.8, 4) is 0 Å². The van der Waals surface area contributed by atoms with Gasteiger partial charge in [-0.05, 0) is 30.3 Å². The van der Waals surface area contributed by atoms with Crippen molar-refractivity contribution in [1.82, 2.24) is 4.90 Å². The van der Waals surface area contributed by atoms with Gasteiger partial charge >= 0.3 is 5.97 Å². The van der Waals surface area contributed by atoms with Crippen LogP contribution in [0.4, 0.5) is 11.4 Å². The molecule has 0 saturated heterocycles. The van der Waals surface area contributed by atoms with E-state index in [1.54, 1.807) is 24.3 Å². The highest BCUT2D eigenvalue weighted by atomic mass is 35.5. The first-order chi connectivity index (χ1) is 13.8. The van der Waals surface area contributed by atoms with Crippen LogP contribution in [0.25, 0.3) is 0 Å². The number of hydrogen-bond donors (Lipinski definition) is 1. The van der Waals surface area contributed by atoms with Crippen LogP contribution in [0.3, 0.4) is 0 Å². The fourth-order valence-corrected chi connectivity index (χ4v) is 2.79. The highest BCUT2D eigenvalue weighted by molar-refractivity contribution is 6.30. The summed E-state index contributed by atoms with van der Waals surface area (Å²) in [5.74, 6) is -3.48. The molecule has 1 heterocycles. The summed E-state index contributed by atoms with van der Waals surface area (Å²) in [5, 5.41) is 14.0. The number of esters is 1. The average molecular weight is 418 g/mol. The number of ether oxygens (including phenoxy) is 1. The molecule has 10 nitrogen and oxygen atoms in total. The average Bonchev–Trinajstić information content (AvgIpc) is 2.93. The van der Waals surface area contributed by atoms with Gasteiger partial charge in [-0.3, -0.25) is 34.2 Å². The first kappa shape index (κ1) is 20.0. The van der Waals surface area contributed by atoms with Gasteiger partial charge in [-0.2, -0.15) is 0 Å². The van der Waals surface area contributed by atoms with Crippen LogP contribution in [0.1, 0.15) is 20.7 Å². The summed E-state index contributed by atoms with van der Waals surface area (Å²) in [6.45, 7) is -1.43. The van der Waals surface area contributed by atoms with Gasteiger partial charge in [0, 0.05) is 16.8 Å². The van der Waals surface area contributed by atoms with E-state index in [4.69, 9.17) is 16.3 Å². The first-order valence-corrected chi connectivity index (χ1v) is 8.50. The molecule has 0 aromatic heterocycles. The molecule has 1 N–H and O–H groups in total. The fourth-order valence-electron chi connectivity index (χ4n) is 2.66. The smallest absolute Gasteiger partial charge is 0.326 e. The van der Waals surface area contributed by atoms with E-state index in [0.29, 0.717) is 15.6 Å². The molecule has 3 rings (SSSR count). The topological polar surface area (TPSA) is 136 Å². The van der Waals surface area contributed by atoms with Crippen molar-refractivity contribution in [3.05, 3.63) is 68.7 Å². The largest absolute Gasteiger partial charge is 0.454 e. The van der Waals surface area contributed by atoms with Crippen LogP contribution in [-0.2, 0) is 14.3 Å². The number of amides is 3. The highest BCUT2D eigenvalue weighted by Crippen LogP contribution is 2.30. The summed E-state index contributed by atoms with van der Waals surface area (Å²) in [5.41, 5.74) is -0.643. The highest BCUT2D eigenvalue weighted by Gasteiger charge is 2.41. The summed E-state index contributed by atoms with van der Waals surface area (Å²) in [6, 6.07) is 9.84. The number of imide groups is 1. The van der Waals surface area contributed by atoms with E-state index in [2.05, 4.69) is 5.32 Å². The number of nitrogens with one attached hydrogen (secondary N) is 1. The number of nitrogens with zero attached hydrogens (tertiary/aromatic N) is 2. The number of benzene rings is 2. The molecule has 1 aliphatic heterocycles. The Morgan fingerprint density at radius 3 is 2.45 bits per heavy atom. The van der Waals surface area contributed by atoms with Crippen molar-refractivity contribution < 1.29 is 28.8 Å². The summed E-state index contributed by atoms with van der Waals surface area (Å²) in [4.78, 5) is 59.3. The number of halogens is 1. The standard InChI is InChI=1S/C18H12ClN3O7/c19-10-4-6-11(7-5-10)20-14(23)9-29-15(24)8-21-17(25)12-2-1-3-13(22(27)28)16(12)18(21)26/h1-7H,8-9H2,(H,20,23). The Balaban J connectivity index is 1.59. The van der Waals surface area contributed by atoms with Crippen molar-refractivity contribution in [3.63, 3.8) is 0 Å². The van der Waals surface area contributed by atoms with Gasteiger partial charge in [0.2, 0.25) is 0 Å². The number of anilines is 1. The third kappa shape index (κ3) is 4.22. The number of carbonyl (C=O) groups is 4. The lowest BCUT2D eigenvalue weighted by Gasteiger charge is -2.13. The number of nitro benzene ring substituents is 1. The predicted molar refractivity (Wildman–Crippen MR) is 99.5 cm³/mol. The Bertz CT molecular complexity index is 1040. The molecule has 148 valence electrons. The van der Waals surface area contributed by atoms with Crippen LogP contribution >= 0.6 is 11.6 Å². The molecule has 29 heavy (non-hydrogen) atoms. The zero-order chi connectivity index (χ0) is 21.1. The predicted octanol–water partition coefficient (Wildman–Crippen LogP) is 2.03. The minimum atomic E-state index is -1.02. The second-order valence-electron chi connectivity index (χ2n) is 5.87. The third-order valence-electron chi connectivity index (χ3n) is 3.95. The molecule has 0 aliphatic carbocycles. The minimum Gasteiger partial charge on any atom is -0.454 e. The summed E-state index contributed by atoms with van der Waals surface area (Å²) < 4.78 is 4.78. The molecular weight excluding hydrogens is 406 g/mol. The summed E-state index contributed by atoms with van der Waals surface area (Å²) in [6.07, 6.45) is 0. The summed E-state index contributed by atoms with van der Waals surface area (Å²) >= 11 is 5.74. The SMILES string of the molecule is O=C(COC(=O)CN1C(=O)c2cccc([N+](=O)[O-])c2C1=O)Nc1ccc(Cl)cc1. The molecule has 2 aromatic rings. The zero-order valence-electron chi connectivity index (χ0n) is 14.6. The lowest BCUT2D eigenvalue weighted by molar-refractivity contribution is -0.385. The van der Waals surface area contributed by atoms with Crippen LogP contribution in [-0.4, -0.2) is 46.7 Å². The van der Waals surface area contributed by atoms with Crippen LogP contribution in [0.2, 0.25) is 5.02 Å². The van der Waals surface area contributed by atoms with Crippen molar-refractivity contribution in [2.24, 2.45) is 0 Å². The molecule has 0 saturated carbocycles. The van der Waals surface area contributed by atoms with Crippen molar-refractivity contribution in [2.45, 2.75) is 0 Å². The molecule has 0 spiro atoms. The lowest BCUT2D eigenvalue weighted by Crippen LogP contribution is -2.36. The zero-order valence-corrected chi connectivity index (χ0v) is 15.3. The van der Waals surface area contributed by atoms with Gasteiger partial charge in [-0.15, -0.1) is 0 Å². The van der Waals surface area contributed by atoms with Crippen molar-refractivity contribution in [2.75, 3.05) is 18.5 Å². The van der Waals surface area contributed by atoms with Crippen molar-refractivity contribution >= 4 is 46.7 Å². The normalized spacial score (nSPS) is 12.5. The number of hydrogen-bond acceptors (Lipinski definition) is 7. The van der Waals surface area contributed by atoms with Gasteiger partial charge in [0.15, 0.2) is 6.61 Å². The maximum absolute atomic E-state index is 12.4. The van der Waals surface area contributed by atoms with Crippen LogP contribution in [0.15, 0.2) is 42.5 Å². The van der Waals surface area contributed by atoms with E-state index < -0.39 is 47.5 Å². The molecule has 0 radical (unpaired) electrons. The maximum Gasteiger partial charge on any atom is 0.326 e. The fraction of sp³-hybridized carbons (Fsp3) is 0.111. The number of fused-ring (bicyclic) bond motifs is 1. The van der Waals surface area contributed by atoms with Gasteiger partial charge in [0.1, 0.15) is 12.1 Å². The van der Waals surface area contributed by atoms with E-state index >= 15 is 0 Å². The monoisotopic (exact) mass is 417 g/mol. The van der Waals surface area contributed by atoms with Crippen LogP contribution in [0.5, 0.6) is 0 Å². The van der Waals surface area contributed by atoms with Crippen molar-refractivity contribution in [1.29, 1.82) is 0 Å². The van der Waals surface area contributed by atoms with Gasteiger partial charge in [-0.1, -0.05) is 17.7 Å². The Kier molecular flexibility index (Phi) is 5.55. The van der Waals surface area contributed by atoms with Gasteiger partial charge < -0.3 is 10.1 Å². The maximum atomic E-state index is 12.4. The molecule has 2 aromatic carbocycles. The van der Waals surface area contributed by atoms with E-state index in [-0.39, 0.29) is 11.1 Å². The van der Waals surface area contributed by atoms with Crippen LogP contribution < -0.4 is 5.32 Å². The van der Waals surface area contributed by atoms with Gasteiger partial charge in [0.05, 0.1) is 10.5 Å². The molecule has 0 atom stereocenters. The quantitative estimate of drug-likeness (QED) is 0.328. The van der Waals surface area contributed by atoms with E-state index in [0.717, 1.165) is 6.07 Å². The number of nitro groups is 1. The lowest BCUT2D eigenvalue weighted by atomic mass is 10.1. The Labute approximate surface area is 168 Å². The number of carbonyl (C=O) groups excluding carboxylic acids is 4. The van der Waals surface area contributed by atoms with Gasteiger partial charge in [-0.25, -0.2) is 0 Å². The van der Waals surface area contributed by atoms with Crippen LogP contribution in [0, 0.1) is 10.1 Å². The third-order valence-corrected chi connectivity index (χ3v) is 4.21. The second-order valence-corrected chi connectivity index (χ2v) is 6.31. The second kappa shape index (κ2) is 8.07. The Morgan fingerprint density at radius 1 is 1.10 bits per heavy atom. The van der Waals surface area contributed by atoms with E-state index in [1.165, 1.54) is 12.1 Å². The molecule has 3 amide bonds. The number of rotatable bonds is 6. The minimum absolute atomic E-state index is 0.169. The molecule has 11 heteroatoms. The molecular formula is C18H12ClN3O7.